The van der Waals surface area contributed by atoms with Crippen LogP contribution < -0.4 is 4.74 Å². The zero-order chi connectivity index (χ0) is 20.3. The molecule has 2 bridgehead atoms. The third-order valence-corrected chi connectivity index (χ3v) is 6.74. The Morgan fingerprint density at radius 2 is 1.93 bits per heavy atom. The molecule has 29 heavy (non-hydrogen) atoms. The van der Waals surface area contributed by atoms with Crippen molar-refractivity contribution >= 4 is 27.3 Å². The van der Waals surface area contributed by atoms with E-state index in [-0.39, 0.29) is 41.3 Å². The maximum absolute atomic E-state index is 14.2. The van der Waals surface area contributed by atoms with Crippen LogP contribution >= 0.6 is 15.9 Å². The summed E-state index contributed by atoms with van der Waals surface area (Å²) >= 11 is 3.23. The van der Waals surface area contributed by atoms with E-state index in [1.807, 2.05) is 13.0 Å². The van der Waals surface area contributed by atoms with E-state index in [1.165, 1.54) is 6.07 Å². The van der Waals surface area contributed by atoms with E-state index >= 15 is 0 Å². The Labute approximate surface area is 176 Å². The zero-order valence-corrected chi connectivity index (χ0v) is 17.4. The van der Waals surface area contributed by atoms with Crippen molar-refractivity contribution in [3.05, 3.63) is 63.6 Å². The lowest BCUT2D eigenvalue weighted by molar-refractivity contribution is -0.118. The van der Waals surface area contributed by atoms with E-state index in [0.717, 1.165) is 18.4 Å². The van der Waals surface area contributed by atoms with Gasteiger partial charge in [-0.05, 0) is 60.7 Å². The summed E-state index contributed by atoms with van der Waals surface area (Å²) in [6.45, 7) is 2.00. The van der Waals surface area contributed by atoms with Gasteiger partial charge >= 0.3 is 0 Å². The average Bonchev–Trinajstić information content (AvgIpc) is 3.38. The number of hydrogen-bond acceptors (Lipinski definition) is 4. The zero-order valence-electron chi connectivity index (χ0n) is 15.8. The number of rotatable bonds is 4. The summed E-state index contributed by atoms with van der Waals surface area (Å²) in [6, 6.07) is 9.94. The van der Waals surface area contributed by atoms with Crippen molar-refractivity contribution in [3.8, 4) is 11.5 Å². The summed E-state index contributed by atoms with van der Waals surface area (Å²) in [5.41, 5.74) is 1.98. The Morgan fingerprint density at radius 3 is 2.62 bits per heavy atom. The summed E-state index contributed by atoms with van der Waals surface area (Å²) in [5.74, 6) is -0.417. The molecule has 4 atom stereocenters. The van der Waals surface area contributed by atoms with Crippen molar-refractivity contribution < 1.29 is 23.8 Å². The molecule has 2 fully saturated rings. The van der Waals surface area contributed by atoms with Crippen LogP contribution in [0.2, 0.25) is 0 Å². The normalized spacial score (nSPS) is 27.6. The number of carbonyl (C=O) groups excluding carboxylic acids is 1. The molecule has 2 aromatic carbocycles. The van der Waals surface area contributed by atoms with Crippen LogP contribution in [0.4, 0.5) is 4.39 Å². The molecule has 1 N–H and O–H groups in total. The molecule has 0 radical (unpaired) electrons. The molecule has 2 aromatic rings. The van der Waals surface area contributed by atoms with E-state index in [4.69, 9.17) is 9.47 Å². The number of Topliss-reactive ketones (excluding diaryl/α,β-unsaturated/α-hetero) is 1. The number of benzene rings is 2. The molecule has 150 valence electrons. The topological polar surface area (TPSA) is 55.8 Å². The summed E-state index contributed by atoms with van der Waals surface area (Å²) in [4.78, 5) is 13.2. The number of aliphatic hydroxyl groups excluding tert-OH is 1. The molecule has 0 amide bonds. The Kier molecular flexibility index (Phi) is 4.51. The predicted molar refractivity (Wildman–Crippen MR) is 109 cm³/mol. The van der Waals surface area contributed by atoms with E-state index in [9.17, 15) is 14.3 Å². The quantitative estimate of drug-likeness (QED) is 0.648. The van der Waals surface area contributed by atoms with E-state index in [0.29, 0.717) is 27.8 Å². The van der Waals surface area contributed by atoms with Gasteiger partial charge < -0.3 is 14.6 Å². The van der Waals surface area contributed by atoms with Crippen molar-refractivity contribution in [1.82, 2.24) is 0 Å². The van der Waals surface area contributed by atoms with Gasteiger partial charge in [-0.1, -0.05) is 28.9 Å². The summed E-state index contributed by atoms with van der Waals surface area (Å²) in [6.07, 6.45) is 2.27. The molecule has 2 unspecified atom stereocenters. The highest BCUT2D eigenvalue weighted by Gasteiger charge is 2.59. The number of allylic oxidation sites excluding steroid dienone is 1. The van der Waals surface area contributed by atoms with Gasteiger partial charge in [-0.15, -0.1) is 0 Å². The number of aliphatic hydroxyl groups is 1. The van der Waals surface area contributed by atoms with Crippen LogP contribution in [0.25, 0.3) is 5.57 Å². The van der Waals surface area contributed by atoms with Gasteiger partial charge in [0, 0.05) is 4.47 Å². The van der Waals surface area contributed by atoms with E-state index in [1.54, 1.807) is 24.3 Å². The second-order valence-corrected chi connectivity index (χ2v) is 8.73. The molecule has 0 saturated carbocycles. The summed E-state index contributed by atoms with van der Waals surface area (Å²) < 4.78 is 26.4. The molecule has 0 spiro atoms. The fraction of sp³-hybridized carbons (Fsp3) is 0.348. The smallest absolute Gasteiger partial charge is 0.173 e. The van der Waals surface area contributed by atoms with Crippen LogP contribution in [0.1, 0.15) is 30.9 Å². The minimum Gasteiger partial charge on any atom is -0.511 e. The van der Waals surface area contributed by atoms with Crippen molar-refractivity contribution in [2.75, 3.05) is 0 Å². The first-order valence-corrected chi connectivity index (χ1v) is 10.7. The Hall–Kier alpha value is -2.18. The molecular weight excluding hydrogens is 439 g/mol. The van der Waals surface area contributed by atoms with Gasteiger partial charge in [0.2, 0.25) is 0 Å². The first-order valence-electron chi connectivity index (χ1n) is 9.87. The van der Waals surface area contributed by atoms with E-state index < -0.39 is 5.82 Å². The van der Waals surface area contributed by atoms with Crippen LogP contribution in [0.15, 0.2) is 46.6 Å². The minimum atomic E-state index is -0.484. The number of ketones is 1. The summed E-state index contributed by atoms with van der Waals surface area (Å²) in [7, 11) is 0. The summed E-state index contributed by atoms with van der Waals surface area (Å²) in [5, 5.41) is 11.0. The van der Waals surface area contributed by atoms with Gasteiger partial charge in [-0.3, -0.25) is 4.79 Å². The molecule has 1 aliphatic carbocycles. The molecular formula is C23H20BrFO4. The van der Waals surface area contributed by atoms with Gasteiger partial charge in [-0.2, -0.15) is 0 Å². The third kappa shape index (κ3) is 2.92. The van der Waals surface area contributed by atoms with Crippen LogP contribution in [0.5, 0.6) is 11.5 Å². The maximum atomic E-state index is 14.2. The highest BCUT2D eigenvalue weighted by molar-refractivity contribution is 9.10. The minimum absolute atomic E-state index is 0.0543. The number of aryl methyl sites for hydroxylation is 1. The highest BCUT2D eigenvalue weighted by atomic mass is 79.9. The van der Waals surface area contributed by atoms with Crippen molar-refractivity contribution in [2.45, 2.75) is 38.4 Å². The van der Waals surface area contributed by atoms with Crippen molar-refractivity contribution in [3.63, 3.8) is 0 Å². The highest BCUT2D eigenvalue weighted by Crippen LogP contribution is 2.54. The fourth-order valence-electron chi connectivity index (χ4n) is 4.93. The Morgan fingerprint density at radius 1 is 1.17 bits per heavy atom. The number of halogens is 2. The van der Waals surface area contributed by atoms with Gasteiger partial charge in [0.1, 0.15) is 11.5 Å². The lowest BCUT2D eigenvalue weighted by atomic mass is 9.80. The number of carbonyl (C=O) groups is 1. The van der Waals surface area contributed by atoms with E-state index in [2.05, 4.69) is 15.9 Å². The molecule has 2 heterocycles. The van der Waals surface area contributed by atoms with Gasteiger partial charge in [0.05, 0.1) is 29.6 Å². The SMILES string of the molecule is CCc1ccc(Oc2ccc(Br)cc2F)cc1C1=C(O)[C@H]2C3CCC(O3)[C@H]2C1=O. The first-order chi connectivity index (χ1) is 14.0. The molecule has 2 saturated heterocycles. The van der Waals surface area contributed by atoms with Gasteiger partial charge in [0.25, 0.3) is 0 Å². The van der Waals surface area contributed by atoms with Crippen LogP contribution in [0.3, 0.4) is 0 Å². The molecule has 2 aliphatic heterocycles. The predicted octanol–water partition coefficient (Wildman–Crippen LogP) is 5.59. The number of ether oxygens (including phenoxy) is 2. The van der Waals surface area contributed by atoms with Crippen LogP contribution in [-0.2, 0) is 16.0 Å². The van der Waals surface area contributed by atoms with Crippen LogP contribution in [0, 0.1) is 17.7 Å². The maximum Gasteiger partial charge on any atom is 0.173 e. The molecule has 4 nitrogen and oxygen atoms in total. The molecule has 5 rings (SSSR count). The third-order valence-electron chi connectivity index (χ3n) is 6.25. The molecule has 6 heteroatoms. The second-order valence-electron chi connectivity index (χ2n) is 7.82. The molecule has 3 aliphatic rings. The molecule has 0 aromatic heterocycles. The monoisotopic (exact) mass is 458 g/mol. The largest absolute Gasteiger partial charge is 0.511 e. The van der Waals surface area contributed by atoms with Gasteiger partial charge in [-0.25, -0.2) is 4.39 Å². The standard InChI is InChI=1S/C23H20BrFO4/c1-2-11-3-5-13(28-16-6-4-12(24)9-15(16)25)10-14(11)19-22(26)20-17-7-8-18(29-17)21(20)23(19)27/h3-6,9-10,17-18,20-21,26H,2,7-8H2,1H3/t17?,18?,20-,21+/m0/s1. The Balaban J connectivity index is 1.54. The van der Waals surface area contributed by atoms with Gasteiger partial charge in [0.15, 0.2) is 17.3 Å². The van der Waals surface area contributed by atoms with Crippen LogP contribution in [-0.4, -0.2) is 23.1 Å². The number of fused-ring (bicyclic) bond motifs is 5. The second kappa shape index (κ2) is 6.96. The first kappa shape index (κ1) is 18.8. The Bertz CT molecular complexity index is 1050. The lowest BCUT2D eigenvalue weighted by Gasteiger charge is -2.19. The fourth-order valence-corrected chi connectivity index (χ4v) is 5.27. The van der Waals surface area contributed by atoms with Crippen molar-refractivity contribution in [2.24, 2.45) is 11.8 Å². The average molecular weight is 459 g/mol. The lowest BCUT2D eigenvalue weighted by Crippen LogP contribution is -2.29. The number of hydrogen-bond donors (Lipinski definition) is 1. The van der Waals surface area contributed by atoms with Crippen molar-refractivity contribution in [1.29, 1.82) is 0 Å².